The number of hydrazine groups is 2. The lowest BCUT2D eigenvalue weighted by atomic mass is 9.99. The number of nitrogens with two attached hydrogens (primary N) is 2. The van der Waals surface area contributed by atoms with E-state index in [-0.39, 0.29) is 33.1 Å². The zero-order valence-electron chi connectivity index (χ0n) is 14.9. The van der Waals surface area contributed by atoms with E-state index in [0.29, 0.717) is 0 Å². The predicted octanol–water partition coefficient (Wildman–Crippen LogP) is 2.41. The van der Waals surface area contributed by atoms with Crippen molar-refractivity contribution in [2.24, 2.45) is 11.7 Å². The predicted molar refractivity (Wildman–Crippen MR) is 100 cm³/mol. The second-order valence-corrected chi connectivity index (χ2v) is 7.63. The molecule has 0 atom stereocenters. The maximum atomic E-state index is 13.3. The Hall–Kier alpha value is -3.13. The van der Waals surface area contributed by atoms with Crippen LogP contribution in [0.4, 0.5) is 23.4 Å². The average molecular weight is 442 g/mol. The highest BCUT2D eigenvalue weighted by Crippen LogP contribution is 2.38. The smallest absolute Gasteiger partial charge is 0.308 e. The number of benzene rings is 2. The standard InChI is InChI=1S/C17H14F4N6O2S/c18-11-5-1-10(2-6-11)14-13(15(26-22)25-16(24-14)17(19,20)21)9-3-7-12(8-4-9)30(28,29)27-23/h1-8,27H,22-23H2,(H,24,25,26). The van der Waals surface area contributed by atoms with Crippen molar-refractivity contribution in [3.63, 3.8) is 0 Å². The molecule has 0 spiro atoms. The Bertz CT molecular complexity index is 1170. The van der Waals surface area contributed by atoms with Crippen LogP contribution in [0.15, 0.2) is 53.4 Å². The summed E-state index contributed by atoms with van der Waals surface area (Å²) in [5.74, 6) is 7.98. The van der Waals surface area contributed by atoms with Gasteiger partial charge in [-0.05, 0) is 42.0 Å². The number of anilines is 1. The van der Waals surface area contributed by atoms with E-state index in [1.54, 1.807) is 4.83 Å². The number of aromatic nitrogens is 2. The minimum absolute atomic E-state index is 0.0572. The number of alkyl halides is 3. The number of halogens is 4. The second kappa shape index (κ2) is 7.95. The number of sulfonamides is 1. The van der Waals surface area contributed by atoms with Gasteiger partial charge in [-0.2, -0.15) is 18.0 Å². The van der Waals surface area contributed by atoms with Crippen LogP contribution in [0.25, 0.3) is 22.4 Å². The normalized spacial score (nSPS) is 12.1. The van der Waals surface area contributed by atoms with E-state index in [0.717, 1.165) is 12.1 Å². The number of nitrogen functional groups attached to an aromatic ring is 1. The zero-order chi connectivity index (χ0) is 22.1. The van der Waals surface area contributed by atoms with Crippen molar-refractivity contribution in [1.29, 1.82) is 0 Å². The molecule has 0 saturated carbocycles. The first-order chi connectivity index (χ1) is 14.1. The molecule has 13 heteroatoms. The summed E-state index contributed by atoms with van der Waals surface area (Å²) in [7, 11) is -3.94. The maximum absolute atomic E-state index is 13.3. The van der Waals surface area contributed by atoms with Gasteiger partial charge in [0.25, 0.3) is 10.0 Å². The first-order valence-corrected chi connectivity index (χ1v) is 9.60. The summed E-state index contributed by atoms with van der Waals surface area (Å²) >= 11 is 0. The molecule has 2 aromatic carbocycles. The Kier molecular flexibility index (Phi) is 5.72. The highest BCUT2D eigenvalue weighted by Gasteiger charge is 2.36. The lowest BCUT2D eigenvalue weighted by molar-refractivity contribution is -0.144. The van der Waals surface area contributed by atoms with Crippen LogP contribution in [0.2, 0.25) is 0 Å². The van der Waals surface area contributed by atoms with Gasteiger partial charge in [-0.1, -0.05) is 12.1 Å². The van der Waals surface area contributed by atoms with Crippen molar-refractivity contribution >= 4 is 15.8 Å². The van der Waals surface area contributed by atoms with E-state index in [1.807, 2.05) is 0 Å². The summed E-state index contributed by atoms with van der Waals surface area (Å²) in [6.45, 7) is 0. The molecule has 0 aliphatic carbocycles. The van der Waals surface area contributed by atoms with Crippen molar-refractivity contribution < 1.29 is 26.0 Å². The minimum Gasteiger partial charge on any atom is -0.308 e. The summed E-state index contributed by atoms with van der Waals surface area (Å²) in [4.78, 5) is 8.53. The molecule has 0 aliphatic rings. The van der Waals surface area contributed by atoms with Crippen LogP contribution in [0.5, 0.6) is 0 Å². The molecule has 30 heavy (non-hydrogen) atoms. The summed E-state index contributed by atoms with van der Waals surface area (Å²) in [5, 5.41) is 0. The lowest BCUT2D eigenvalue weighted by Crippen LogP contribution is -2.30. The van der Waals surface area contributed by atoms with E-state index >= 15 is 0 Å². The van der Waals surface area contributed by atoms with Gasteiger partial charge in [-0.3, -0.25) is 5.84 Å². The fourth-order valence-corrected chi connectivity index (χ4v) is 3.28. The molecule has 6 N–H and O–H groups in total. The van der Waals surface area contributed by atoms with E-state index in [1.165, 1.54) is 36.4 Å². The van der Waals surface area contributed by atoms with Crippen LogP contribution in [0, 0.1) is 5.82 Å². The average Bonchev–Trinajstić information content (AvgIpc) is 2.72. The van der Waals surface area contributed by atoms with Gasteiger partial charge >= 0.3 is 6.18 Å². The largest absolute Gasteiger partial charge is 0.451 e. The first-order valence-electron chi connectivity index (χ1n) is 8.11. The summed E-state index contributed by atoms with van der Waals surface area (Å²) in [6, 6.07) is 9.65. The fraction of sp³-hybridized carbons (Fsp3) is 0.0588. The molecule has 1 heterocycles. The quantitative estimate of drug-likeness (QED) is 0.271. The van der Waals surface area contributed by atoms with Gasteiger partial charge in [0.15, 0.2) is 5.82 Å². The van der Waals surface area contributed by atoms with Crippen molar-refractivity contribution in [1.82, 2.24) is 14.8 Å². The van der Waals surface area contributed by atoms with Gasteiger partial charge < -0.3 is 5.43 Å². The van der Waals surface area contributed by atoms with Gasteiger partial charge in [0, 0.05) is 5.56 Å². The Morgan fingerprint density at radius 1 is 0.867 bits per heavy atom. The molecule has 0 radical (unpaired) electrons. The Morgan fingerprint density at radius 3 is 1.93 bits per heavy atom. The number of nitrogens with zero attached hydrogens (tertiary/aromatic N) is 2. The number of nitrogens with one attached hydrogen (secondary N) is 2. The van der Waals surface area contributed by atoms with Crippen molar-refractivity contribution in [3.05, 3.63) is 60.2 Å². The fourth-order valence-electron chi connectivity index (χ4n) is 2.65. The molecule has 0 bridgehead atoms. The zero-order valence-corrected chi connectivity index (χ0v) is 15.7. The van der Waals surface area contributed by atoms with Gasteiger partial charge in [0.1, 0.15) is 5.82 Å². The monoisotopic (exact) mass is 442 g/mol. The molecule has 1 aromatic heterocycles. The second-order valence-electron chi connectivity index (χ2n) is 5.91. The molecule has 0 fully saturated rings. The molecule has 0 amide bonds. The van der Waals surface area contributed by atoms with E-state index < -0.39 is 27.8 Å². The van der Waals surface area contributed by atoms with Gasteiger partial charge in [0.05, 0.1) is 16.2 Å². The Morgan fingerprint density at radius 2 is 1.43 bits per heavy atom. The van der Waals surface area contributed by atoms with Crippen LogP contribution >= 0.6 is 0 Å². The lowest BCUT2D eigenvalue weighted by Gasteiger charge is -2.17. The highest BCUT2D eigenvalue weighted by molar-refractivity contribution is 7.89. The van der Waals surface area contributed by atoms with E-state index in [4.69, 9.17) is 11.7 Å². The van der Waals surface area contributed by atoms with Crippen molar-refractivity contribution in [2.45, 2.75) is 11.1 Å². The van der Waals surface area contributed by atoms with Gasteiger partial charge in [-0.15, -0.1) is 0 Å². The highest BCUT2D eigenvalue weighted by atomic mass is 32.2. The number of hydrogen-bond acceptors (Lipinski definition) is 7. The van der Waals surface area contributed by atoms with Crippen LogP contribution in [0.3, 0.4) is 0 Å². The molecule has 3 rings (SSSR count). The third-order valence-corrected chi connectivity index (χ3v) is 5.23. The summed E-state index contributed by atoms with van der Waals surface area (Å²) in [6.07, 6.45) is -4.87. The number of rotatable bonds is 5. The molecular formula is C17H14F4N6O2S. The third kappa shape index (κ3) is 4.23. The molecule has 158 valence electrons. The van der Waals surface area contributed by atoms with E-state index in [9.17, 15) is 26.0 Å². The molecule has 0 unspecified atom stereocenters. The SMILES string of the molecule is NNc1nc(C(F)(F)F)nc(-c2ccc(F)cc2)c1-c1ccc(S(=O)(=O)NN)cc1. The summed E-state index contributed by atoms with van der Waals surface area (Å²) < 4.78 is 76.7. The van der Waals surface area contributed by atoms with Gasteiger partial charge in [0.2, 0.25) is 5.82 Å². The van der Waals surface area contributed by atoms with Crippen molar-refractivity contribution in [3.8, 4) is 22.4 Å². The first kappa shape index (κ1) is 21.6. The van der Waals surface area contributed by atoms with E-state index in [2.05, 4.69) is 15.4 Å². The Balaban J connectivity index is 2.28. The van der Waals surface area contributed by atoms with Crippen LogP contribution < -0.4 is 21.9 Å². The van der Waals surface area contributed by atoms with Crippen LogP contribution in [-0.4, -0.2) is 18.4 Å². The van der Waals surface area contributed by atoms with Gasteiger partial charge in [-0.25, -0.2) is 28.6 Å². The van der Waals surface area contributed by atoms with Crippen LogP contribution in [0.1, 0.15) is 5.82 Å². The number of hydrogen-bond donors (Lipinski definition) is 4. The minimum atomic E-state index is -4.87. The molecule has 0 aliphatic heterocycles. The van der Waals surface area contributed by atoms with Crippen LogP contribution in [-0.2, 0) is 16.2 Å². The maximum Gasteiger partial charge on any atom is 0.451 e. The van der Waals surface area contributed by atoms with Crippen molar-refractivity contribution in [2.75, 3.05) is 5.43 Å². The third-order valence-electron chi connectivity index (χ3n) is 4.03. The molecule has 0 saturated heterocycles. The topological polar surface area (TPSA) is 136 Å². The molecule has 3 aromatic rings. The molecule has 8 nitrogen and oxygen atoms in total. The Labute approximate surface area is 167 Å². The molecular weight excluding hydrogens is 428 g/mol. The summed E-state index contributed by atoms with van der Waals surface area (Å²) in [5.41, 5.74) is 2.40.